The second-order valence-electron chi connectivity index (χ2n) is 7.69. The standard InChI is InChI=1S/C23H28Cl2N2O2/c1-14(2)26-23(29)17(5)27(13-19-8-9-20(24)12-21(19)25)22(28)11-18-7-6-15(3)16(4)10-18/h6-10,12,14,17H,11,13H2,1-5H3,(H,26,29). The van der Waals surface area contributed by atoms with E-state index in [4.69, 9.17) is 23.2 Å². The normalized spacial score (nSPS) is 12.0. The molecule has 0 bridgehead atoms. The number of rotatable bonds is 7. The van der Waals surface area contributed by atoms with E-state index in [0.717, 1.165) is 16.7 Å². The molecule has 0 fully saturated rings. The summed E-state index contributed by atoms with van der Waals surface area (Å²) in [7, 11) is 0. The summed E-state index contributed by atoms with van der Waals surface area (Å²) in [5.41, 5.74) is 3.97. The lowest BCUT2D eigenvalue weighted by molar-refractivity contribution is -0.140. The maximum atomic E-state index is 13.2. The van der Waals surface area contributed by atoms with E-state index in [1.54, 1.807) is 30.0 Å². The first-order chi connectivity index (χ1) is 13.6. The largest absolute Gasteiger partial charge is 0.352 e. The maximum absolute atomic E-state index is 13.2. The minimum Gasteiger partial charge on any atom is -0.352 e. The first kappa shape index (κ1) is 23.2. The van der Waals surface area contributed by atoms with Gasteiger partial charge in [0.25, 0.3) is 0 Å². The Morgan fingerprint density at radius 1 is 1.00 bits per heavy atom. The van der Waals surface area contributed by atoms with E-state index in [9.17, 15) is 9.59 Å². The molecule has 0 aromatic heterocycles. The summed E-state index contributed by atoms with van der Waals surface area (Å²) in [6, 6.07) is 10.5. The monoisotopic (exact) mass is 434 g/mol. The molecule has 2 aromatic rings. The minimum atomic E-state index is -0.636. The number of aryl methyl sites for hydroxylation is 2. The number of nitrogens with zero attached hydrogens (tertiary/aromatic N) is 1. The SMILES string of the molecule is Cc1ccc(CC(=O)N(Cc2ccc(Cl)cc2Cl)C(C)C(=O)NC(C)C)cc1C. The molecule has 0 aliphatic rings. The molecule has 0 heterocycles. The molecule has 1 atom stereocenters. The van der Waals surface area contributed by atoms with Crippen LogP contribution in [-0.2, 0) is 22.6 Å². The number of carbonyl (C=O) groups is 2. The van der Waals surface area contributed by atoms with Crippen molar-refractivity contribution in [3.05, 3.63) is 68.7 Å². The fourth-order valence-corrected chi connectivity index (χ4v) is 3.48. The van der Waals surface area contributed by atoms with Gasteiger partial charge in [0.2, 0.25) is 11.8 Å². The molecule has 4 nitrogen and oxygen atoms in total. The Morgan fingerprint density at radius 3 is 2.28 bits per heavy atom. The summed E-state index contributed by atoms with van der Waals surface area (Å²) in [5.74, 6) is -0.329. The molecule has 0 saturated carbocycles. The van der Waals surface area contributed by atoms with Crippen molar-refractivity contribution < 1.29 is 9.59 Å². The molecule has 6 heteroatoms. The van der Waals surface area contributed by atoms with E-state index in [2.05, 4.69) is 5.32 Å². The molecule has 0 aliphatic carbocycles. The number of halogens is 2. The zero-order chi connectivity index (χ0) is 21.7. The van der Waals surface area contributed by atoms with Gasteiger partial charge in [0.15, 0.2) is 0 Å². The van der Waals surface area contributed by atoms with Gasteiger partial charge in [-0.15, -0.1) is 0 Å². The summed E-state index contributed by atoms with van der Waals surface area (Å²) >= 11 is 12.3. The average molecular weight is 435 g/mol. The third-order valence-electron chi connectivity index (χ3n) is 4.88. The molecule has 0 spiro atoms. The Bertz CT molecular complexity index is 896. The smallest absolute Gasteiger partial charge is 0.242 e. The number of nitrogens with one attached hydrogen (secondary N) is 1. The number of hydrogen-bond donors (Lipinski definition) is 1. The lowest BCUT2D eigenvalue weighted by Gasteiger charge is -2.30. The van der Waals surface area contributed by atoms with Crippen molar-refractivity contribution in [2.45, 2.75) is 59.7 Å². The molecular formula is C23H28Cl2N2O2. The highest BCUT2D eigenvalue weighted by Crippen LogP contribution is 2.24. The van der Waals surface area contributed by atoms with Gasteiger partial charge < -0.3 is 10.2 Å². The summed E-state index contributed by atoms with van der Waals surface area (Å²) in [5, 5.41) is 3.88. The zero-order valence-corrected chi connectivity index (χ0v) is 19.1. The maximum Gasteiger partial charge on any atom is 0.242 e. The Kier molecular flexibility index (Phi) is 8.12. The highest BCUT2D eigenvalue weighted by Gasteiger charge is 2.27. The van der Waals surface area contributed by atoms with E-state index >= 15 is 0 Å². The van der Waals surface area contributed by atoms with Gasteiger partial charge in [-0.3, -0.25) is 9.59 Å². The summed E-state index contributed by atoms with van der Waals surface area (Å²) in [6.07, 6.45) is 0.214. The van der Waals surface area contributed by atoms with Gasteiger partial charge in [-0.2, -0.15) is 0 Å². The Morgan fingerprint density at radius 2 is 1.69 bits per heavy atom. The quantitative estimate of drug-likeness (QED) is 0.658. The molecule has 1 unspecified atom stereocenters. The third kappa shape index (κ3) is 6.48. The van der Waals surface area contributed by atoms with E-state index in [0.29, 0.717) is 10.0 Å². The molecule has 2 amide bonds. The van der Waals surface area contributed by atoms with Crippen LogP contribution in [0.5, 0.6) is 0 Å². The second-order valence-corrected chi connectivity index (χ2v) is 8.54. The third-order valence-corrected chi connectivity index (χ3v) is 5.47. The predicted octanol–water partition coefficient (Wildman–Crippen LogP) is 5.09. The van der Waals surface area contributed by atoms with E-state index in [1.807, 2.05) is 45.9 Å². The van der Waals surface area contributed by atoms with Crippen LogP contribution in [0.2, 0.25) is 10.0 Å². The first-order valence-corrected chi connectivity index (χ1v) is 10.4. The summed E-state index contributed by atoms with van der Waals surface area (Å²) in [6.45, 7) is 9.80. The number of benzene rings is 2. The van der Waals surface area contributed by atoms with Crippen molar-refractivity contribution >= 4 is 35.0 Å². The summed E-state index contributed by atoms with van der Waals surface area (Å²) in [4.78, 5) is 27.4. The highest BCUT2D eigenvalue weighted by atomic mass is 35.5. The fraction of sp³-hybridized carbons (Fsp3) is 0.391. The van der Waals surface area contributed by atoms with Crippen LogP contribution in [0.25, 0.3) is 0 Å². The highest BCUT2D eigenvalue weighted by molar-refractivity contribution is 6.35. The van der Waals surface area contributed by atoms with Gasteiger partial charge in [0.1, 0.15) is 6.04 Å². The van der Waals surface area contributed by atoms with Crippen molar-refractivity contribution in [1.82, 2.24) is 10.2 Å². The van der Waals surface area contributed by atoms with Crippen LogP contribution in [0.15, 0.2) is 36.4 Å². The van der Waals surface area contributed by atoms with Gasteiger partial charge in [-0.25, -0.2) is 0 Å². The Labute approximate surface area is 183 Å². The summed E-state index contributed by atoms with van der Waals surface area (Å²) < 4.78 is 0. The lowest BCUT2D eigenvalue weighted by atomic mass is 10.0. The van der Waals surface area contributed by atoms with E-state index < -0.39 is 6.04 Å². The second kappa shape index (κ2) is 10.1. The van der Waals surface area contributed by atoms with Gasteiger partial charge >= 0.3 is 0 Å². The molecule has 156 valence electrons. The van der Waals surface area contributed by atoms with Crippen molar-refractivity contribution in [2.75, 3.05) is 0 Å². The molecule has 0 saturated heterocycles. The minimum absolute atomic E-state index is 0.0132. The van der Waals surface area contributed by atoms with Crippen molar-refractivity contribution in [1.29, 1.82) is 0 Å². The topological polar surface area (TPSA) is 49.4 Å². The van der Waals surface area contributed by atoms with Crippen LogP contribution in [0.1, 0.15) is 43.0 Å². The van der Waals surface area contributed by atoms with Gasteiger partial charge in [-0.1, -0.05) is 47.5 Å². The van der Waals surface area contributed by atoms with Crippen molar-refractivity contribution in [3.8, 4) is 0 Å². The van der Waals surface area contributed by atoms with Crippen LogP contribution < -0.4 is 5.32 Å². The fourth-order valence-electron chi connectivity index (χ4n) is 3.01. The number of amides is 2. The van der Waals surface area contributed by atoms with Gasteiger partial charge in [0, 0.05) is 22.6 Å². The molecule has 2 aromatic carbocycles. The number of carbonyl (C=O) groups excluding carboxylic acids is 2. The van der Waals surface area contributed by atoms with E-state index in [-0.39, 0.29) is 30.8 Å². The van der Waals surface area contributed by atoms with Crippen LogP contribution in [-0.4, -0.2) is 28.8 Å². The van der Waals surface area contributed by atoms with Gasteiger partial charge in [0.05, 0.1) is 6.42 Å². The van der Waals surface area contributed by atoms with Crippen molar-refractivity contribution in [2.24, 2.45) is 0 Å². The lowest BCUT2D eigenvalue weighted by Crippen LogP contribution is -2.49. The van der Waals surface area contributed by atoms with Gasteiger partial charge in [-0.05, 0) is 69.0 Å². The van der Waals surface area contributed by atoms with Crippen LogP contribution in [0, 0.1) is 13.8 Å². The van der Waals surface area contributed by atoms with Crippen LogP contribution in [0.3, 0.4) is 0 Å². The molecule has 29 heavy (non-hydrogen) atoms. The average Bonchev–Trinajstić information content (AvgIpc) is 2.63. The van der Waals surface area contributed by atoms with Crippen LogP contribution >= 0.6 is 23.2 Å². The molecule has 0 aliphatic heterocycles. The molecule has 0 radical (unpaired) electrons. The zero-order valence-electron chi connectivity index (χ0n) is 17.6. The Balaban J connectivity index is 2.30. The van der Waals surface area contributed by atoms with Crippen molar-refractivity contribution in [3.63, 3.8) is 0 Å². The molecular weight excluding hydrogens is 407 g/mol. The van der Waals surface area contributed by atoms with E-state index in [1.165, 1.54) is 5.56 Å². The number of hydrogen-bond acceptors (Lipinski definition) is 2. The predicted molar refractivity (Wildman–Crippen MR) is 119 cm³/mol. The molecule has 2 rings (SSSR count). The Hall–Kier alpha value is -2.04. The first-order valence-electron chi connectivity index (χ1n) is 9.68. The molecule has 1 N–H and O–H groups in total. The van der Waals surface area contributed by atoms with Crippen LogP contribution in [0.4, 0.5) is 0 Å².